The first-order chi connectivity index (χ1) is 6.73. The summed E-state index contributed by atoms with van der Waals surface area (Å²) in [6.07, 6.45) is 0. The van der Waals surface area contributed by atoms with Crippen LogP contribution in [0.3, 0.4) is 0 Å². The lowest BCUT2D eigenvalue weighted by Crippen LogP contribution is -2.43. The Morgan fingerprint density at radius 3 is 2.50 bits per heavy atom. The van der Waals surface area contributed by atoms with E-state index in [4.69, 9.17) is 0 Å². The average molecular weight is 204 g/mol. The number of hydrogen-bond donors (Lipinski definition) is 0. The zero-order chi connectivity index (χ0) is 10.2. The fourth-order valence-electron chi connectivity index (χ4n) is 3.14. The molecule has 2 rings (SSSR count). The first-order valence-electron chi connectivity index (χ1n) is 5.83. The summed E-state index contributed by atoms with van der Waals surface area (Å²) in [5, 5.41) is 1.76. The summed E-state index contributed by atoms with van der Waals surface area (Å²) in [6.45, 7) is 7.19. The molecule has 0 N–H and O–H groups in total. The standard InChI is InChI=1S/C13H20Si/c1-4-14(5-2)10-11(3)12-8-6-7-9-13(12)14/h6-9,11H,4-5,10H2,1-3H3. The smallest absolute Gasteiger partial charge is 0.0675 e. The molecule has 0 bridgehead atoms. The van der Waals surface area contributed by atoms with Gasteiger partial charge in [-0.1, -0.05) is 62.3 Å². The molecular weight excluding hydrogens is 184 g/mol. The second kappa shape index (κ2) is 3.54. The molecule has 0 radical (unpaired) electrons. The largest absolute Gasteiger partial charge is 0.0871 e. The van der Waals surface area contributed by atoms with E-state index in [-0.39, 0.29) is 0 Å². The van der Waals surface area contributed by atoms with Crippen molar-refractivity contribution in [3.05, 3.63) is 29.8 Å². The van der Waals surface area contributed by atoms with Crippen molar-refractivity contribution in [2.24, 2.45) is 0 Å². The molecule has 1 heteroatoms. The molecule has 0 saturated heterocycles. The zero-order valence-electron chi connectivity index (χ0n) is 9.51. The van der Waals surface area contributed by atoms with Crippen molar-refractivity contribution in [2.45, 2.75) is 44.8 Å². The van der Waals surface area contributed by atoms with Crippen LogP contribution in [0.15, 0.2) is 24.3 Å². The SMILES string of the molecule is CC[Si]1(CC)CC(C)c2ccccc21. The van der Waals surface area contributed by atoms with Crippen molar-refractivity contribution in [3.8, 4) is 0 Å². The molecule has 0 spiro atoms. The summed E-state index contributed by atoms with van der Waals surface area (Å²) in [6, 6.07) is 13.5. The van der Waals surface area contributed by atoms with E-state index in [2.05, 4.69) is 45.0 Å². The van der Waals surface area contributed by atoms with Gasteiger partial charge in [0, 0.05) is 0 Å². The van der Waals surface area contributed by atoms with E-state index >= 15 is 0 Å². The Hall–Kier alpha value is -0.563. The van der Waals surface area contributed by atoms with Gasteiger partial charge in [-0.3, -0.25) is 0 Å². The highest BCUT2D eigenvalue weighted by atomic mass is 28.3. The van der Waals surface area contributed by atoms with E-state index < -0.39 is 8.07 Å². The normalized spacial score (nSPS) is 23.5. The van der Waals surface area contributed by atoms with E-state index in [1.165, 1.54) is 18.1 Å². The van der Waals surface area contributed by atoms with E-state index in [1.54, 1.807) is 10.8 Å². The fraction of sp³-hybridized carbons (Fsp3) is 0.538. The second-order valence-corrected chi connectivity index (χ2v) is 9.60. The molecule has 0 amide bonds. The van der Waals surface area contributed by atoms with Crippen molar-refractivity contribution in [1.29, 1.82) is 0 Å². The highest BCUT2D eigenvalue weighted by Gasteiger charge is 2.40. The van der Waals surface area contributed by atoms with E-state index in [0.717, 1.165) is 5.92 Å². The maximum atomic E-state index is 2.40. The Kier molecular flexibility index (Phi) is 2.52. The summed E-state index contributed by atoms with van der Waals surface area (Å²) < 4.78 is 0. The molecule has 1 atom stereocenters. The second-order valence-electron chi connectivity index (χ2n) is 4.68. The fourth-order valence-corrected chi connectivity index (χ4v) is 7.98. The van der Waals surface area contributed by atoms with Gasteiger partial charge < -0.3 is 0 Å². The predicted octanol–water partition coefficient (Wildman–Crippen LogP) is 3.50. The molecule has 0 aliphatic carbocycles. The minimum absolute atomic E-state index is 0.817. The highest BCUT2D eigenvalue weighted by Crippen LogP contribution is 2.37. The van der Waals surface area contributed by atoms with Crippen molar-refractivity contribution in [1.82, 2.24) is 0 Å². The molecule has 14 heavy (non-hydrogen) atoms. The van der Waals surface area contributed by atoms with Crippen LogP contribution in [-0.4, -0.2) is 8.07 Å². The third kappa shape index (κ3) is 1.26. The molecule has 76 valence electrons. The van der Waals surface area contributed by atoms with Gasteiger partial charge in [-0.25, -0.2) is 0 Å². The van der Waals surface area contributed by atoms with Crippen molar-refractivity contribution in [3.63, 3.8) is 0 Å². The Balaban J connectivity index is 2.52. The molecule has 0 fully saturated rings. The number of hydrogen-bond acceptors (Lipinski definition) is 0. The number of fused-ring (bicyclic) bond motifs is 1. The van der Waals surface area contributed by atoms with Gasteiger partial charge >= 0.3 is 0 Å². The molecule has 0 aromatic heterocycles. The summed E-state index contributed by atoms with van der Waals surface area (Å²) in [4.78, 5) is 0. The molecule has 1 heterocycles. The lowest BCUT2D eigenvalue weighted by atomic mass is 10.0. The molecule has 1 aliphatic heterocycles. The number of rotatable bonds is 2. The topological polar surface area (TPSA) is 0 Å². The maximum absolute atomic E-state index is 2.40. The molecule has 1 aromatic carbocycles. The predicted molar refractivity (Wildman–Crippen MR) is 66.0 cm³/mol. The minimum atomic E-state index is -1.06. The summed E-state index contributed by atoms with van der Waals surface area (Å²) in [7, 11) is -1.06. The monoisotopic (exact) mass is 204 g/mol. The van der Waals surface area contributed by atoms with Gasteiger partial charge in [-0.15, -0.1) is 0 Å². The summed E-state index contributed by atoms with van der Waals surface area (Å²) in [5.41, 5.74) is 1.66. The highest BCUT2D eigenvalue weighted by molar-refractivity contribution is 6.93. The van der Waals surface area contributed by atoms with Gasteiger partial charge in [0.2, 0.25) is 0 Å². The molecule has 1 aliphatic rings. The van der Waals surface area contributed by atoms with Crippen molar-refractivity contribution >= 4 is 13.3 Å². The van der Waals surface area contributed by atoms with Gasteiger partial charge in [-0.2, -0.15) is 0 Å². The van der Waals surface area contributed by atoms with Crippen LogP contribution >= 0.6 is 0 Å². The van der Waals surface area contributed by atoms with E-state index in [9.17, 15) is 0 Å². The Labute approximate surface area is 88.4 Å². The van der Waals surface area contributed by atoms with Crippen molar-refractivity contribution < 1.29 is 0 Å². The summed E-state index contributed by atoms with van der Waals surface area (Å²) in [5.74, 6) is 0.817. The van der Waals surface area contributed by atoms with Crippen LogP contribution in [0.5, 0.6) is 0 Å². The van der Waals surface area contributed by atoms with Gasteiger partial charge in [0.25, 0.3) is 0 Å². The third-order valence-corrected chi connectivity index (χ3v) is 9.81. The first-order valence-corrected chi connectivity index (χ1v) is 8.45. The van der Waals surface area contributed by atoms with Crippen LogP contribution in [0.4, 0.5) is 0 Å². The zero-order valence-corrected chi connectivity index (χ0v) is 10.5. The molecule has 0 saturated carbocycles. The Morgan fingerprint density at radius 1 is 1.21 bits per heavy atom. The minimum Gasteiger partial charge on any atom is -0.0675 e. The molecule has 1 aromatic rings. The Bertz CT molecular complexity index is 326. The van der Waals surface area contributed by atoms with Crippen LogP contribution in [0, 0.1) is 0 Å². The lowest BCUT2D eigenvalue weighted by Gasteiger charge is -2.25. The van der Waals surface area contributed by atoms with Crippen LogP contribution in [0.1, 0.15) is 32.3 Å². The van der Waals surface area contributed by atoms with E-state index in [1.807, 2.05) is 0 Å². The molecule has 1 unspecified atom stereocenters. The molecule has 0 nitrogen and oxygen atoms in total. The Morgan fingerprint density at radius 2 is 1.86 bits per heavy atom. The van der Waals surface area contributed by atoms with Crippen LogP contribution < -0.4 is 5.19 Å². The van der Waals surface area contributed by atoms with E-state index in [0.29, 0.717) is 0 Å². The van der Waals surface area contributed by atoms with Gasteiger partial charge in [0.1, 0.15) is 0 Å². The average Bonchev–Trinajstić information content (AvgIpc) is 2.53. The number of benzene rings is 1. The van der Waals surface area contributed by atoms with Crippen LogP contribution in [0.2, 0.25) is 18.1 Å². The van der Waals surface area contributed by atoms with Crippen LogP contribution in [0.25, 0.3) is 0 Å². The van der Waals surface area contributed by atoms with Crippen molar-refractivity contribution in [2.75, 3.05) is 0 Å². The van der Waals surface area contributed by atoms with Crippen LogP contribution in [-0.2, 0) is 0 Å². The third-order valence-electron chi connectivity index (χ3n) is 4.11. The lowest BCUT2D eigenvalue weighted by molar-refractivity contribution is 0.871. The van der Waals surface area contributed by atoms with Gasteiger partial charge in [0.15, 0.2) is 0 Å². The van der Waals surface area contributed by atoms with Gasteiger partial charge in [0.05, 0.1) is 8.07 Å². The molecular formula is C13H20Si. The summed E-state index contributed by atoms with van der Waals surface area (Å²) >= 11 is 0. The quantitative estimate of drug-likeness (QED) is 0.647. The first kappa shape index (κ1) is 9.97. The maximum Gasteiger partial charge on any atom is 0.0871 e. The van der Waals surface area contributed by atoms with Gasteiger partial charge in [-0.05, 0) is 17.5 Å².